The van der Waals surface area contributed by atoms with Gasteiger partial charge in [-0.3, -0.25) is 4.79 Å². The van der Waals surface area contributed by atoms with E-state index in [0.29, 0.717) is 13.2 Å². The molecule has 1 amide bonds. The third-order valence-corrected chi connectivity index (χ3v) is 1.72. The van der Waals surface area contributed by atoms with Crippen LogP contribution in [0.3, 0.4) is 0 Å². The first-order chi connectivity index (χ1) is 5.84. The van der Waals surface area contributed by atoms with Gasteiger partial charge in [0.05, 0.1) is 6.61 Å². The molecule has 0 aromatic rings. The van der Waals surface area contributed by atoms with Crippen molar-refractivity contribution in [3.8, 4) is 11.8 Å². The molecular weight excluding hydrogens is 154 g/mol. The highest BCUT2D eigenvalue weighted by Crippen LogP contribution is 2.09. The third-order valence-electron chi connectivity index (χ3n) is 1.72. The summed E-state index contributed by atoms with van der Waals surface area (Å²) in [6.45, 7) is 3.13. The van der Waals surface area contributed by atoms with Crippen molar-refractivity contribution >= 4 is 5.91 Å². The maximum Gasteiger partial charge on any atom is 0.249 e. The molecule has 0 spiro atoms. The SMILES string of the molecule is CC#CCCNC(=O)C1CCO1. The van der Waals surface area contributed by atoms with E-state index in [1.165, 1.54) is 0 Å². The van der Waals surface area contributed by atoms with Gasteiger partial charge in [0.15, 0.2) is 0 Å². The van der Waals surface area contributed by atoms with Gasteiger partial charge in [-0.15, -0.1) is 11.8 Å². The number of amides is 1. The van der Waals surface area contributed by atoms with Gasteiger partial charge in [0, 0.05) is 19.4 Å². The van der Waals surface area contributed by atoms with E-state index in [1.54, 1.807) is 6.92 Å². The molecule has 3 nitrogen and oxygen atoms in total. The topological polar surface area (TPSA) is 38.3 Å². The molecule has 3 heteroatoms. The Morgan fingerprint density at radius 3 is 3.00 bits per heavy atom. The number of rotatable bonds is 3. The predicted octanol–water partition coefficient (Wildman–Crippen LogP) is 0.305. The number of ether oxygens (including phenoxy) is 1. The average molecular weight is 167 g/mol. The molecule has 1 N–H and O–H groups in total. The zero-order chi connectivity index (χ0) is 8.81. The molecule has 12 heavy (non-hydrogen) atoms. The van der Waals surface area contributed by atoms with Crippen LogP contribution < -0.4 is 5.32 Å². The minimum atomic E-state index is -0.195. The van der Waals surface area contributed by atoms with Crippen LogP contribution in [0.2, 0.25) is 0 Å². The Morgan fingerprint density at radius 2 is 2.50 bits per heavy atom. The molecular formula is C9H13NO2. The lowest BCUT2D eigenvalue weighted by Crippen LogP contribution is -2.43. The Kier molecular flexibility index (Phi) is 3.62. The number of carbonyl (C=O) groups excluding carboxylic acids is 1. The van der Waals surface area contributed by atoms with E-state index >= 15 is 0 Å². The molecule has 66 valence electrons. The van der Waals surface area contributed by atoms with Crippen LogP contribution in [0.15, 0.2) is 0 Å². The fraction of sp³-hybridized carbons (Fsp3) is 0.667. The molecule has 1 atom stereocenters. The summed E-state index contributed by atoms with van der Waals surface area (Å²) in [5, 5.41) is 2.75. The molecule has 0 radical (unpaired) electrons. The normalized spacial score (nSPS) is 20.2. The number of hydrogen-bond donors (Lipinski definition) is 1. The molecule has 0 saturated carbocycles. The molecule has 1 saturated heterocycles. The highest BCUT2D eigenvalue weighted by atomic mass is 16.5. The minimum Gasteiger partial charge on any atom is -0.368 e. The molecule has 0 aromatic carbocycles. The second kappa shape index (κ2) is 4.78. The van der Waals surface area contributed by atoms with Crippen molar-refractivity contribution in [1.29, 1.82) is 0 Å². The summed E-state index contributed by atoms with van der Waals surface area (Å²) in [5.41, 5.74) is 0. The number of nitrogens with one attached hydrogen (secondary N) is 1. The van der Waals surface area contributed by atoms with Gasteiger partial charge >= 0.3 is 0 Å². The van der Waals surface area contributed by atoms with Crippen LogP contribution in [0.4, 0.5) is 0 Å². The first-order valence-electron chi connectivity index (χ1n) is 4.13. The zero-order valence-electron chi connectivity index (χ0n) is 7.22. The van der Waals surface area contributed by atoms with E-state index in [-0.39, 0.29) is 12.0 Å². The van der Waals surface area contributed by atoms with Crippen molar-refractivity contribution in [2.45, 2.75) is 25.9 Å². The van der Waals surface area contributed by atoms with Crippen molar-refractivity contribution in [3.05, 3.63) is 0 Å². The summed E-state index contributed by atoms with van der Waals surface area (Å²) >= 11 is 0. The van der Waals surface area contributed by atoms with Crippen molar-refractivity contribution in [2.24, 2.45) is 0 Å². The molecule has 1 fully saturated rings. The fourth-order valence-electron chi connectivity index (χ4n) is 0.930. The van der Waals surface area contributed by atoms with E-state index < -0.39 is 0 Å². The Balaban J connectivity index is 2.04. The molecule has 1 rings (SSSR count). The van der Waals surface area contributed by atoms with Gasteiger partial charge in [-0.25, -0.2) is 0 Å². The quantitative estimate of drug-likeness (QED) is 0.485. The lowest BCUT2D eigenvalue weighted by Gasteiger charge is -2.24. The highest BCUT2D eigenvalue weighted by Gasteiger charge is 2.25. The van der Waals surface area contributed by atoms with Crippen LogP contribution in [0.25, 0.3) is 0 Å². The van der Waals surface area contributed by atoms with Crippen molar-refractivity contribution in [2.75, 3.05) is 13.2 Å². The molecule has 0 aliphatic carbocycles. The van der Waals surface area contributed by atoms with Crippen LogP contribution in [0, 0.1) is 11.8 Å². The van der Waals surface area contributed by atoms with Gasteiger partial charge in [0.2, 0.25) is 5.91 Å². The standard InChI is InChI=1S/C9H13NO2/c1-2-3-4-6-10-9(11)8-5-7-12-8/h8H,4-7H2,1H3,(H,10,11). The smallest absolute Gasteiger partial charge is 0.249 e. The Labute approximate surface area is 72.5 Å². The van der Waals surface area contributed by atoms with E-state index in [1.807, 2.05) is 0 Å². The number of hydrogen-bond acceptors (Lipinski definition) is 2. The second-order valence-electron chi connectivity index (χ2n) is 2.62. The zero-order valence-corrected chi connectivity index (χ0v) is 7.22. The van der Waals surface area contributed by atoms with Crippen LogP contribution in [0.5, 0.6) is 0 Å². The van der Waals surface area contributed by atoms with Crippen molar-refractivity contribution < 1.29 is 9.53 Å². The maximum absolute atomic E-state index is 11.1. The second-order valence-corrected chi connectivity index (χ2v) is 2.62. The van der Waals surface area contributed by atoms with Crippen molar-refractivity contribution in [1.82, 2.24) is 5.32 Å². The first-order valence-corrected chi connectivity index (χ1v) is 4.13. The van der Waals surface area contributed by atoms with Gasteiger partial charge in [-0.2, -0.15) is 0 Å². The Hall–Kier alpha value is -1.01. The molecule has 1 aliphatic rings. The maximum atomic E-state index is 11.1. The van der Waals surface area contributed by atoms with Gasteiger partial charge in [0.1, 0.15) is 6.10 Å². The average Bonchev–Trinajstić information content (AvgIpc) is 1.95. The van der Waals surface area contributed by atoms with E-state index in [4.69, 9.17) is 4.74 Å². The summed E-state index contributed by atoms with van der Waals surface area (Å²) in [6, 6.07) is 0. The molecule has 0 bridgehead atoms. The van der Waals surface area contributed by atoms with Gasteiger partial charge in [0.25, 0.3) is 0 Å². The van der Waals surface area contributed by atoms with Gasteiger partial charge in [-0.05, 0) is 6.92 Å². The Morgan fingerprint density at radius 1 is 1.75 bits per heavy atom. The monoisotopic (exact) mass is 167 g/mol. The molecule has 1 aliphatic heterocycles. The summed E-state index contributed by atoms with van der Waals surface area (Å²) in [4.78, 5) is 11.1. The van der Waals surface area contributed by atoms with Gasteiger partial charge < -0.3 is 10.1 Å². The van der Waals surface area contributed by atoms with E-state index in [9.17, 15) is 4.79 Å². The van der Waals surface area contributed by atoms with Crippen LogP contribution >= 0.6 is 0 Å². The van der Waals surface area contributed by atoms with E-state index in [0.717, 1.165) is 12.8 Å². The summed E-state index contributed by atoms with van der Waals surface area (Å²) in [7, 11) is 0. The molecule has 0 aromatic heterocycles. The van der Waals surface area contributed by atoms with E-state index in [2.05, 4.69) is 17.2 Å². The van der Waals surface area contributed by atoms with Gasteiger partial charge in [-0.1, -0.05) is 0 Å². The third kappa shape index (κ3) is 2.55. The first kappa shape index (κ1) is 9.08. The number of carbonyl (C=O) groups is 1. The van der Waals surface area contributed by atoms with Crippen LogP contribution in [-0.2, 0) is 9.53 Å². The Bertz CT molecular complexity index is 210. The summed E-state index contributed by atoms with van der Waals surface area (Å²) in [5.74, 6) is 5.64. The predicted molar refractivity (Wildman–Crippen MR) is 45.4 cm³/mol. The summed E-state index contributed by atoms with van der Waals surface area (Å²) in [6.07, 6.45) is 1.37. The minimum absolute atomic E-state index is 0.000784. The lowest BCUT2D eigenvalue weighted by molar-refractivity contribution is -0.144. The molecule has 1 unspecified atom stereocenters. The van der Waals surface area contributed by atoms with Crippen LogP contribution in [-0.4, -0.2) is 25.2 Å². The summed E-state index contributed by atoms with van der Waals surface area (Å²) < 4.78 is 5.00. The highest BCUT2D eigenvalue weighted by molar-refractivity contribution is 5.81. The van der Waals surface area contributed by atoms with Crippen molar-refractivity contribution in [3.63, 3.8) is 0 Å². The van der Waals surface area contributed by atoms with Crippen LogP contribution in [0.1, 0.15) is 19.8 Å². The molecule has 1 heterocycles. The lowest BCUT2D eigenvalue weighted by atomic mass is 10.2. The fourth-order valence-corrected chi connectivity index (χ4v) is 0.930. The largest absolute Gasteiger partial charge is 0.368 e.